The van der Waals surface area contributed by atoms with Gasteiger partial charge in [0.25, 0.3) is 0 Å². The van der Waals surface area contributed by atoms with Gasteiger partial charge in [0.05, 0.1) is 5.69 Å². The third-order valence-electron chi connectivity index (χ3n) is 12.1. The SMILES string of the molecule is c1cc(-c2cccc(N(c3ccc(-c4cccc5c4oc4ccccc45)cc3)c3ccccc3-c3ccc4c(c3)oc3ccccc34)c2)cc(-c2ccc3ccccc3c2)c1. The first-order valence-corrected chi connectivity index (χ1v) is 20.7. The highest BCUT2D eigenvalue weighted by atomic mass is 16.3. The molecule has 10 aromatic carbocycles. The van der Waals surface area contributed by atoms with Gasteiger partial charge in [-0.15, -0.1) is 0 Å². The lowest BCUT2D eigenvalue weighted by Crippen LogP contribution is -2.11. The number of nitrogens with zero attached hydrogens (tertiary/aromatic N) is 1. The van der Waals surface area contributed by atoms with Gasteiger partial charge in [-0.2, -0.15) is 0 Å². The summed E-state index contributed by atoms with van der Waals surface area (Å²) < 4.78 is 12.9. The van der Waals surface area contributed by atoms with Crippen LogP contribution in [0.4, 0.5) is 17.1 Å². The Morgan fingerprint density at radius 2 is 0.852 bits per heavy atom. The van der Waals surface area contributed by atoms with Crippen LogP contribution in [0.3, 0.4) is 0 Å². The number of fused-ring (bicyclic) bond motifs is 7. The van der Waals surface area contributed by atoms with E-state index in [1.807, 2.05) is 24.3 Å². The zero-order valence-corrected chi connectivity index (χ0v) is 33.1. The van der Waals surface area contributed by atoms with Crippen LogP contribution in [0.1, 0.15) is 0 Å². The molecule has 0 fully saturated rings. The van der Waals surface area contributed by atoms with Gasteiger partial charge in [0.2, 0.25) is 0 Å². The summed E-state index contributed by atoms with van der Waals surface area (Å²) >= 11 is 0. The molecule has 61 heavy (non-hydrogen) atoms. The molecule has 3 heteroatoms. The molecule has 0 radical (unpaired) electrons. The van der Waals surface area contributed by atoms with Crippen molar-refractivity contribution in [2.45, 2.75) is 0 Å². The maximum atomic E-state index is 6.46. The molecule has 2 aromatic heterocycles. The van der Waals surface area contributed by atoms with Crippen LogP contribution < -0.4 is 4.90 Å². The van der Waals surface area contributed by atoms with Crippen molar-refractivity contribution in [1.82, 2.24) is 0 Å². The molecule has 3 nitrogen and oxygen atoms in total. The Hall–Kier alpha value is -8.14. The quantitative estimate of drug-likeness (QED) is 0.161. The van der Waals surface area contributed by atoms with Crippen molar-refractivity contribution < 1.29 is 8.83 Å². The number of hydrogen-bond acceptors (Lipinski definition) is 3. The molecule has 0 aliphatic rings. The lowest BCUT2D eigenvalue weighted by molar-refractivity contribution is 0.669. The number of benzene rings is 10. The number of furan rings is 2. The van der Waals surface area contributed by atoms with E-state index in [-0.39, 0.29) is 0 Å². The predicted molar refractivity (Wildman–Crippen MR) is 255 cm³/mol. The van der Waals surface area contributed by atoms with Crippen molar-refractivity contribution in [2.24, 2.45) is 0 Å². The smallest absolute Gasteiger partial charge is 0.143 e. The molecule has 0 amide bonds. The van der Waals surface area contributed by atoms with E-state index >= 15 is 0 Å². The first-order valence-electron chi connectivity index (χ1n) is 20.7. The summed E-state index contributed by atoms with van der Waals surface area (Å²) in [5, 5.41) is 6.97. The fourth-order valence-corrected chi connectivity index (χ4v) is 9.07. The summed E-state index contributed by atoms with van der Waals surface area (Å²) in [5.41, 5.74) is 15.8. The lowest BCUT2D eigenvalue weighted by atomic mass is 9.96. The molecule has 0 aliphatic heterocycles. The summed E-state index contributed by atoms with van der Waals surface area (Å²) in [4.78, 5) is 2.38. The highest BCUT2D eigenvalue weighted by molar-refractivity contribution is 6.10. The zero-order valence-electron chi connectivity index (χ0n) is 33.1. The summed E-state index contributed by atoms with van der Waals surface area (Å²) in [7, 11) is 0. The predicted octanol–water partition coefficient (Wildman–Crippen LogP) is 16.8. The van der Waals surface area contributed by atoms with Crippen molar-refractivity contribution in [3.05, 3.63) is 224 Å². The largest absolute Gasteiger partial charge is 0.456 e. The number of para-hydroxylation sites is 4. The van der Waals surface area contributed by atoms with Crippen LogP contribution in [-0.4, -0.2) is 0 Å². The Bertz CT molecular complexity index is 3610. The van der Waals surface area contributed by atoms with E-state index in [0.717, 1.165) is 94.3 Å². The maximum Gasteiger partial charge on any atom is 0.143 e. The third kappa shape index (κ3) is 6.06. The number of hydrogen-bond donors (Lipinski definition) is 0. The van der Waals surface area contributed by atoms with Crippen LogP contribution >= 0.6 is 0 Å². The summed E-state index contributed by atoms with van der Waals surface area (Å²) in [6, 6.07) is 80.1. The van der Waals surface area contributed by atoms with E-state index in [4.69, 9.17) is 8.83 Å². The van der Waals surface area contributed by atoms with Crippen molar-refractivity contribution in [1.29, 1.82) is 0 Å². The van der Waals surface area contributed by atoms with Gasteiger partial charge >= 0.3 is 0 Å². The standard InChI is InChI=1S/C58H37NO2/c1-2-13-40-34-44(27-26-38(40)12-1)42-15-9-14-41(35-42)43-16-10-17-47(36-43)59(46-31-28-39(29-32-46)49-21-11-22-53-51-20-5-8-25-56(51)61-58(49)53)54-23-6-3-18-48(54)45-30-33-52-50-19-4-7-24-55(50)60-57(52)37-45/h1-37H. The fourth-order valence-electron chi connectivity index (χ4n) is 9.07. The molecule has 0 saturated carbocycles. The second-order valence-electron chi connectivity index (χ2n) is 15.7. The highest BCUT2D eigenvalue weighted by Crippen LogP contribution is 2.44. The van der Waals surface area contributed by atoms with E-state index in [0.29, 0.717) is 0 Å². The Kier molecular flexibility index (Phi) is 8.17. The first kappa shape index (κ1) is 34.9. The van der Waals surface area contributed by atoms with E-state index in [9.17, 15) is 0 Å². The van der Waals surface area contributed by atoms with Gasteiger partial charge in [-0.25, -0.2) is 0 Å². The monoisotopic (exact) mass is 779 g/mol. The van der Waals surface area contributed by atoms with E-state index < -0.39 is 0 Å². The fraction of sp³-hybridized carbons (Fsp3) is 0. The van der Waals surface area contributed by atoms with Crippen LogP contribution in [-0.2, 0) is 0 Å². The molecule has 12 aromatic rings. The van der Waals surface area contributed by atoms with E-state index in [1.165, 1.54) is 21.9 Å². The van der Waals surface area contributed by atoms with Crippen LogP contribution in [0.15, 0.2) is 233 Å². The Morgan fingerprint density at radius 1 is 0.279 bits per heavy atom. The summed E-state index contributed by atoms with van der Waals surface area (Å²) in [6.45, 7) is 0. The molecule has 0 N–H and O–H groups in total. The molecule has 286 valence electrons. The number of anilines is 3. The Balaban J connectivity index is 0.992. The molecular formula is C58H37NO2. The Morgan fingerprint density at radius 3 is 1.69 bits per heavy atom. The minimum atomic E-state index is 0.873. The Labute approximate surface area is 353 Å². The average Bonchev–Trinajstić information content (AvgIpc) is 3.90. The van der Waals surface area contributed by atoms with Gasteiger partial charge in [0, 0.05) is 44.0 Å². The second kappa shape index (κ2) is 14.3. The molecule has 0 unspecified atom stereocenters. The molecular weight excluding hydrogens is 743 g/mol. The molecule has 0 aliphatic carbocycles. The first-order chi connectivity index (χ1) is 30.2. The van der Waals surface area contributed by atoms with Gasteiger partial charge in [-0.3, -0.25) is 0 Å². The zero-order chi connectivity index (χ0) is 40.3. The van der Waals surface area contributed by atoms with Crippen molar-refractivity contribution in [2.75, 3.05) is 4.90 Å². The van der Waals surface area contributed by atoms with Gasteiger partial charge in [-0.1, -0.05) is 158 Å². The summed E-state index contributed by atoms with van der Waals surface area (Å²) in [5.74, 6) is 0. The minimum Gasteiger partial charge on any atom is -0.456 e. The average molecular weight is 780 g/mol. The maximum absolute atomic E-state index is 6.46. The van der Waals surface area contributed by atoms with Crippen LogP contribution in [0.2, 0.25) is 0 Å². The number of rotatable bonds is 7. The van der Waals surface area contributed by atoms with Crippen molar-refractivity contribution in [3.8, 4) is 44.5 Å². The van der Waals surface area contributed by atoms with Gasteiger partial charge in [0.15, 0.2) is 0 Å². The topological polar surface area (TPSA) is 29.5 Å². The molecule has 2 heterocycles. The molecule has 0 spiro atoms. The second-order valence-corrected chi connectivity index (χ2v) is 15.7. The van der Waals surface area contributed by atoms with E-state index in [1.54, 1.807) is 0 Å². The summed E-state index contributed by atoms with van der Waals surface area (Å²) in [6.07, 6.45) is 0. The van der Waals surface area contributed by atoms with Gasteiger partial charge in [-0.05, 0) is 111 Å². The normalized spacial score (nSPS) is 11.6. The van der Waals surface area contributed by atoms with E-state index in [2.05, 4.69) is 205 Å². The van der Waals surface area contributed by atoms with Crippen molar-refractivity contribution in [3.63, 3.8) is 0 Å². The molecule has 12 rings (SSSR count). The van der Waals surface area contributed by atoms with Crippen molar-refractivity contribution >= 4 is 71.7 Å². The van der Waals surface area contributed by atoms with Gasteiger partial charge in [0.1, 0.15) is 22.3 Å². The van der Waals surface area contributed by atoms with Crippen LogP contribution in [0, 0.1) is 0 Å². The molecule has 0 bridgehead atoms. The van der Waals surface area contributed by atoms with Gasteiger partial charge < -0.3 is 13.7 Å². The van der Waals surface area contributed by atoms with Crippen LogP contribution in [0.5, 0.6) is 0 Å². The molecule has 0 saturated heterocycles. The van der Waals surface area contributed by atoms with Crippen LogP contribution in [0.25, 0.3) is 99.2 Å². The molecule has 0 atom stereocenters. The third-order valence-corrected chi connectivity index (χ3v) is 12.1. The highest BCUT2D eigenvalue weighted by Gasteiger charge is 2.20. The minimum absolute atomic E-state index is 0.873. The lowest BCUT2D eigenvalue weighted by Gasteiger charge is -2.28.